The molecule has 26 heavy (non-hydrogen) atoms. The van der Waals surface area contributed by atoms with E-state index in [0.717, 1.165) is 32.1 Å². The summed E-state index contributed by atoms with van der Waals surface area (Å²) < 4.78 is 5.55. The molecule has 2 unspecified atom stereocenters. The fourth-order valence-corrected chi connectivity index (χ4v) is 7.50. The molecular weight excluding hydrogens is 324 g/mol. The lowest BCUT2D eigenvalue weighted by atomic mass is 9.48. The molecule has 3 saturated carbocycles. The van der Waals surface area contributed by atoms with Crippen molar-refractivity contribution >= 4 is 11.8 Å². The highest BCUT2D eigenvalue weighted by Gasteiger charge is 2.58. The molecule has 4 aliphatic carbocycles. The van der Waals surface area contributed by atoms with Gasteiger partial charge < -0.3 is 4.74 Å². The summed E-state index contributed by atoms with van der Waals surface area (Å²) in [6.07, 6.45) is 11.7. The Balaban J connectivity index is 1.59. The Labute approximate surface area is 157 Å². The van der Waals surface area contributed by atoms with Gasteiger partial charge in [0.1, 0.15) is 11.9 Å². The van der Waals surface area contributed by atoms with Crippen molar-refractivity contribution in [1.82, 2.24) is 0 Å². The molecule has 0 radical (unpaired) electrons. The minimum Gasteiger partial charge on any atom is -0.463 e. The zero-order chi connectivity index (χ0) is 18.7. The number of rotatable bonds is 2. The van der Waals surface area contributed by atoms with E-state index in [9.17, 15) is 9.59 Å². The van der Waals surface area contributed by atoms with Crippen molar-refractivity contribution < 1.29 is 14.3 Å². The highest BCUT2D eigenvalue weighted by atomic mass is 16.5. The van der Waals surface area contributed by atoms with E-state index in [1.807, 2.05) is 0 Å². The van der Waals surface area contributed by atoms with Gasteiger partial charge in [0.2, 0.25) is 0 Å². The molecule has 3 fully saturated rings. The Morgan fingerprint density at radius 3 is 2.54 bits per heavy atom. The third-order valence-electron chi connectivity index (χ3n) is 8.80. The van der Waals surface area contributed by atoms with Gasteiger partial charge in [-0.3, -0.25) is 9.59 Å². The maximum absolute atomic E-state index is 12.2. The summed E-state index contributed by atoms with van der Waals surface area (Å²) in [5, 5.41) is 0. The first kappa shape index (κ1) is 18.3. The van der Waals surface area contributed by atoms with Gasteiger partial charge in [0.25, 0.3) is 0 Å². The Kier molecular flexibility index (Phi) is 4.36. The van der Waals surface area contributed by atoms with Crippen LogP contribution in [0.5, 0.6) is 0 Å². The topological polar surface area (TPSA) is 43.4 Å². The number of fused-ring (bicyclic) bond motifs is 5. The van der Waals surface area contributed by atoms with E-state index in [2.05, 4.69) is 19.9 Å². The molecule has 4 rings (SSSR count). The van der Waals surface area contributed by atoms with Crippen molar-refractivity contribution in [2.75, 3.05) is 0 Å². The molecule has 144 valence electrons. The molecule has 0 aliphatic heterocycles. The number of esters is 1. The second-order valence-electron chi connectivity index (χ2n) is 10.0. The van der Waals surface area contributed by atoms with Gasteiger partial charge in [0.05, 0.1) is 0 Å². The average molecular weight is 359 g/mol. The summed E-state index contributed by atoms with van der Waals surface area (Å²) in [5.41, 5.74) is 2.15. The monoisotopic (exact) mass is 358 g/mol. The summed E-state index contributed by atoms with van der Waals surface area (Å²) in [4.78, 5) is 23.6. The van der Waals surface area contributed by atoms with Crippen LogP contribution in [0.3, 0.4) is 0 Å². The molecule has 0 aromatic rings. The molecule has 3 nitrogen and oxygen atoms in total. The molecule has 7 atom stereocenters. The maximum atomic E-state index is 12.2. The minimum absolute atomic E-state index is 0.116. The predicted octanol–water partition coefficient (Wildman–Crippen LogP) is 5.09. The van der Waals surface area contributed by atoms with Crippen molar-refractivity contribution in [2.45, 2.75) is 85.2 Å². The first-order chi connectivity index (χ1) is 12.3. The minimum atomic E-state index is -0.138. The van der Waals surface area contributed by atoms with Gasteiger partial charge in [-0.05, 0) is 86.9 Å². The lowest BCUT2D eigenvalue weighted by Crippen LogP contribution is -2.49. The van der Waals surface area contributed by atoms with Crippen LogP contribution in [0.15, 0.2) is 11.6 Å². The number of hydrogen-bond donors (Lipinski definition) is 0. The molecule has 0 aromatic heterocycles. The van der Waals surface area contributed by atoms with E-state index in [1.165, 1.54) is 26.2 Å². The van der Waals surface area contributed by atoms with Crippen LogP contribution in [0.1, 0.15) is 79.1 Å². The standard InChI is InChI=1S/C23H34O3/c1-14(24)19-7-8-20-18-6-5-16-13-17(26-15(2)25)9-11-22(16,3)21(18)10-12-23(19,20)4/h10,16-20H,5-9,11-13H2,1-4H3/t16?,17?,18-,19+,20-,22-,23+/m0/s1. The second-order valence-corrected chi connectivity index (χ2v) is 10.0. The van der Waals surface area contributed by atoms with E-state index in [4.69, 9.17) is 4.74 Å². The molecule has 0 heterocycles. The Morgan fingerprint density at radius 2 is 1.85 bits per heavy atom. The lowest BCUT2D eigenvalue weighted by molar-refractivity contribution is -0.151. The molecule has 0 spiro atoms. The molecular formula is C23H34O3. The number of ether oxygens (including phenoxy) is 1. The SMILES string of the molecule is CC(=O)OC1CC[C@]2(C)C3=CC[C@]4(C)[C@@H](C(C)=O)CC[C@H]4[C@@H]3CCC2C1. The Bertz CT molecular complexity index is 650. The summed E-state index contributed by atoms with van der Waals surface area (Å²) >= 11 is 0. The van der Waals surface area contributed by atoms with Crippen LogP contribution in [-0.2, 0) is 14.3 Å². The third-order valence-corrected chi connectivity index (χ3v) is 8.80. The largest absolute Gasteiger partial charge is 0.463 e. The highest BCUT2D eigenvalue weighted by molar-refractivity contribution is 5.79. The highest BCUT2D eigenvalue weighted by Crippen LogP contribution is 2.65. The molecule has 0 aromatic carbocycles. The van der Waals surface area contributed by atoms with Crippen LogP contribution in [0, 0.1) is 34.5 Å². The predicted molar refractivity (Wildman–Crippen MR) is 101 cm³/mol. The number of allylic oxidation sites excluding steroid dienone is 2. The van der Waals surface area contributed by atoms with Crippen molar-refractivity contribution in [3.63, 3.8) is 0 Å². The molecule has 4 aliphatic rings. The van der Waals surface area contributed by atoms with Gasteiger partial charge in [0.15, 0.2) is 0 Å². The van der Waals surface area contributed by atoms with Gasteiger partial charge >= 0.3 is 5.97 Å². The average Bonchev–Trinajstić information content (AvgIpc) is 2.92. The van der Waals surface area contributed by atoms with Crippen molar-refractivity contribution in [3.8, 4) is 0 Å². The Hall–Kier alpha value is -1.12. The number of carbonyl (C=O) groups is 2. The molecule has 0 saturated heterocycles. The molecule has 0 bridgehead atoms. The van der Waals surface area contributed by atoms with Gasteiger partial charge in [-0.25, -0.2) is 0 Å². The van der Waals surface area contributed by atoms with Crippen LogP contribution >= 0.6 is 0 Å². The van der Waals surface area contributed by atoms with Gasteiger partial charge in [-0.15, -0.1) is 0 Å². The number of Topliss-reactive ketones (excluding diaryl/α,β-unsaturated/α-hetero) is 1. The summed E-state index contributed by atoms with van der Waals surface area (Å²) in [6.45, 7) is 8.18. The van der Waals surface area contributed by atoms with E-state index in [-0.39, 0.29) is 28.8 Å². The fraction of sp³-hybridized carbons (Fsp3) is 0.826. The van der Waals surface area contributed by atoms with Gasteiger partial charge in [-0.2, -0.15) is 0 Å². The van der Waals surface area contributed by atoms with E-state index in [0.29, 0.717) is 23.5 Å². The smallest absolute Gasteiger partial charge is 0.302 e. The van der Waals surface area contributed by atoms with Crippen molar-refractivity contribution in [2.24, 2.45) is 34.5 Å². The number of ketones is 1. The Morgan fingerprint density at radius 1 is 1.08 bits per heavy atom. The first-order valence-electron chi connectivity index (χ1n) is 10.6. The van der Waals surface area contributed by atoms with Crippen LogP contribution in [0.2, 0.25) is 0 Å². The van der Waals surface area contributed by atoms with E-state index in [1.54, 1.807) is 12.5 Å². The quantitative estimate of drug-likeness (QED) is 0.510. The van der Waals surface area contributed by atoms with Crippen molar-refractivity contribution in [3.05, 3.63) is 11.6 Å². The molecule has 0 amide bonds. The zero-order valence-electron chi connectivity index (χ0n) is 16.8. The van der Waals surface area contributed by atoms with Crippen LogP contribution < -0.4 is 0 Å². The van der Waals surface area contributed by atoms with Gasteiger partial charge in [-0.1, -0.05) is 25.5 Å². The van der Waals surface area contributed by atoms with Gasteiger partial charge in [0, 0.05) is 12.8 Å². The number of carbonyl (C=O) groups excluding carboxylic acids is 2. The third kappa shape index (κ3) is 2.60. The molecule has 3 heteroatoms. The van der Waals surface area contributed by atoms with Crippen LogP contribution in [-0.4, -0.2) is 17.9 Å². The molecule has 0 N–H and O–H groups in total. The lowest BCUT2D eigenvalue weighted by Gasteiger charge is -2.56. The van der Waals surface area contributed by atoms with Crippen LogP contribution in [0.25, 0.3) is 0 Å². The summed E-state index contributed by atoms with van der Waals surface area (Å²) in [5.74, 6) is 2.51. The van der Waals surface area contributed by atoms with E-state index >= 15 is 0 Å². The maximum Gasteiger partial charge on any atom is 0.302 e. The zero-order valence-corrected chi connectivity index (χ0v) is 16.8. The second kappa shape index (κ2) is 6.21. The first-order valence-corrected chi connectivity index (χ1v) is 10.6. The normalized spacial score (nSPS) is 47.2. The fourth-order valence-electron chi connectivity index (χ4n) is 7.50. The van der Waals surface area contributed by atoms with Crippen molar-refractivity contribution in [1.29, 1.82) is 0 Å². The number of hydrogen-bond acceptors (Lipinski definition) is 3. The summed E-state index contributed by atoms with van der Waals surface area (Å²) in [7, 11) is 0. The van der Waals surface area contributed by atoms with E-state index < -0.39 is 0 Å². The summed E-state index contributed by atoms with van der Waals surface area (Å²) in [6, 6.07) is 0. The van der Waals surface area contributed by atoms with Crippen LogP contribution in [0.4, 0.5) is 0 Å².